The highest BCUT2D eigenvalue weighted by molar-refractivity contribution is 5.85. The number of likely N-dealkylation sites (tertiary alicyclic amines) is 1. The number of nitrogens with zero attached hydrogens (tertiary/aromatic N) is 2. The minimum absolute atomic E-state index is 0. The number of hydrogen-bond donors (Lipinski definition) is 1. The Bertz CT molecular complexity index is 360. The molecule has 2 heterocycles. The normalized spacial score (nSPS) is 19.3. The molecular weight excluding hydrogens is 246 g/mol. The second-order valence-corrected chi connectivity index (χ2v) is 5.22. The van der Waals surface area contributed by atoms with E-state index in [1.54, 1.807) is 0 Å². The Morgan fingerprint density at radius 2 is 2.11 bits per heavy atom. The molecule has 0 bridgehead atoms. The van der Waals surface area contributed by atoms with Crippen molar-refractivity contribution in [2.24, 2.45) is 11.7 Å². The van der Waals surface area contributed by atoms with Crippen LogP contribution in [0.5, 0.6) is 0 Å². The zero-order valence-electron chi connectivity index (χ0n) is 11.3. The predicted octanol–water partition coefficient (Wildman–Crippen LogP) is 2.37. The summed E-state index contributed by atoms with van der Waals surface area (Å²) in [6, 6.07) is 4.55. The van der Waals surface area contributed by atoms with Crippen LogP contribution in [-0.4, -0.2) is 29.0 Å². The maximum atomic E-state index is 5.96. The van der Waals surface area contributed by atoms with Gasteiger partial charge in [0.25, 0.3) is 0 Å². The molecule has 0 aliphatic carbocycles. The summed E-state index contributed by atoms with van der Waals surface area (Å²) in [5.41, 5.74) is 8.47. The quantitative estimate of drug-likeness (QED) is 0.916. The first-order valence-corrected chi connectivity index (χ1v) is 6.55. The molecule has 1 aromatic heterocycles. The van der Waals surface area contributed by atoms with Gasteiger partial charge in [-0.1, -0.05) is 6.07 Å². The standard InChI is InChI=1S/C14H23N3.ClH/c1-11(15)13-5-8-17(9-6-13)10-14-4-3-7-16-12(14)2;/h3-4,7,11,13H,5-6,8-10,15H2,1-2H3;1H. The first-order valence-electron chi connectivity index (χ1n) is 6.55. The van der Waals surface area contributed by atoms with Gasteiger partial charge in [-0.2, -0.15) is 0 Å². The van der Waals surface area contributed by atoms with Gasteiger partial charge in [-0.15, -0.1) is 12.4 Å². The van der Waals surface area contributed by atoms with E-state index in [4.69, 9.17) is 5.73 Å². The van der Waals surface area contributed by atoms with Crippen LogP contribution in [0.25, 0.3) is 0 Å². The van der Waals surface area contributed by atoms with E-state index < -0.39 is 0 Å². The van der Waals surface area contributed by atoms with Crippen molar-refractivity contribution in [2.75, 3.05) is 13.1 Å². The zero-order valence-corrected chi connectivity index (χ0v) is 12.1. The van der Waals surface area contributed by atoms with Gasteiger partial charge in [0, 0.05) is 24.5 Å². The fraction of sp³-hybridized carbons (Fsp3) is 0.643. The topological polar surface area (TPSA) is 42.2 Å². The lowest BCUT2D eigenvalue weighted by molar-refractivity contribution is 0.165. The van der Waals surface area contributed by atoms with Crippen LogP contribution in [-0.2, 0) is 6.54 Å². The molecule has 2 N–H and O–H groups in total. The smallest absolute Gasteiger partial charge is 0.0417 e. The largest absolute Gasteiger partial charge is 0.328 e. The molecule has 2 rings (SSSR count). The van der Waals surface area contributed by atoms with Gasteiger partial charge in [-0.05, 0) is 57.3 Å². The van der Waals surface area contributed by atoms with Crippen molar-refractivity contribution >= 4 is 12.4 Å². The summed E-state index contributed by atoms with van der Waals surface area (Å²) in [4.78, 5) is 6.86. The molecule has 1 fully saturated rings. The molecule has 1 saturated heterocycles. The van der Waals surface area contributed by atoms with Crippen LogP contribution in [0.15, 0.2) is 18.3 Å². The third kappa shape index (κ3) is 3.94. The van der Waals surface area contributed by atoms with Gasteiger partial charge in [0.15, 0.2) is 0 Å². The summed E-state index contributed by atoms with van der Waals surface area (Å²) in [7, 11) is 0. The Labute approximate surface area is 116 Å². The number of rotatable bonds is 3. The molecule has 0 spiro atoms. The molecular formula is C14H24ClN3. The highest BCUT2D eigenvalue weighted by atomic mass is 35.5. The van der Waals surface area contributed by atoms with E-state index in [0.29, 0.717) is 12.0 Å². The maximum absolute atomic E-state index is 5.96. The molecule has 18 heavy (non-hydrogen) atoms. The number of halogens is 1. The minimum atomic E-state index is 0. The van der Waals surface area contributed by atoms with Crippen molar-refractivity contribution in [3.05, 3.63) is 29.6 Å². The first kappa shape index (κ1) is 15.4. The van der Waals surface area contributed by atoms with Crippen LogP contribution < -0.4 is 5.73 Å². The third-order valence-corrected chi connectivity index (χ3v) is 3.89. The van der Waals surface area contributed by atoms with Crippen molar-refractivity contribution in [2.45, 2.75) is 39.3 Å². The molecule has 0 saturated carbocycles. The summed E-state index contributed by atoms with van der Waals surface area (Å²) >= 11 is 0. The van der Waals surface area contributed by atoms with E-state index in [-0.39, 0.29) is 12.4 Å². The number of aromatic nitrogens is 1. The van der Waals surface area contributed by atoms with E-state index in [0.717, 1.165) is 12.2 Å². The SMILES string of the molecule is Cc1ncccc1CN1CCC(C(C)N)CC1.Cl. The van der Waals surface area contributed by atoms with Crippen LogP contribution in [0.1, 0.15) is 31.0 Å². The first-order chi connectivity index (χ1) is 8.16. The van der Waals surface area contributed by atoms with Crippen LogP contribution in [0.3, 0.4) is 0 Å². The van der Waals surface area contributed by atoms with Crippen LogP contribution in [0.2, 0.25) is 0 Å². The van der Waals surface area contributed by atoms with Crippen molar-refractivity contribution < 1.29 is 0 Å². The summed E-state index contributed by atoms with van der Waals surface area (Å²) in [6.45, 7) is 7.59. The lowest BCUT2D eigenvalue weighted by Gasteiger charge is -2.33. The fourth-order valence-electron chi connectivity index (χ4n) is 2.56. The molecule has 1 atom stereocenters. The number of aryl methyl sites for hydroxylation is 1. The summed E-state index contributed by atoms with van der Waals surface area (Å²) in [5, 5.41) is 0. The van der Waals surface area contributed by atoms with Crippen LogP contribution in [0.4, 0.5) is 0 Å². The summed E-state index contributed by atoms with van der Waals surface area (Å²) < 4.78 is 0. The Morgan fingerprint density at radius 1 is 1.44 bits per heavy atom. The average Bonchev–Trinajstić information content (AvgIpc) is 2.33. The molecule has 1 aromatic rings. The van der Waals surface area contributed by atoms with Crippen LogP contribution in [0, 0.1) is 12.8 Å². The maximum Gasteiger partial charge on any atom is 0.0417 e. The zero-order chi connectivity index (χ0) is 12.3. The van der Waals surface area contributed by atoms with Gasteiger partial charge in [0.2, 0.25) is 0 Å². The second kappa shape index (κ2) is 7.07. The number of nitrogens with two attached hydrogens (primary N) is 1. The molecule has 3 nitrogen and oxygen atoms in total. The Balaban J connectivity index is 0.00000162. The van der Waals surface area contributed by atoms with Crippen molar-refractivity contribution in [1.29, 1.82) is 0 Å². The number of pyridine rings is 1. The van der Waals surface area contributed by atoms with E-state index in [9.17, 15) is 0 Å². The molecule has 0 aromatic carbocycles. The highest BCUT2D eigenvalue weighted by Gasteiger charge is 2.21. The molecule has 4 heteroatoms. The van der Waals surface area contributed by atoms with Gasteiger partial charge in [-0.25, -0.2) is 0 Å². The van der Waals surface area contributed by atoms with E-state index in [2.05, 4.69) is 29.8 Å². The molecule has 1 unspecified atom stereocenters. The molecule has 0 radical (unpaired) electrons. The van der Waals surface area contributed by atoms with Gasteiger partial charge in [-0.3, -0.25) is 9.88 Å². The molecule has 1 aliphatic rings. The van der Waals surface area contributed by atoms with Gasteiger partial charge < -0.3 is 5.73 Å². The highest BCUT2D eigenvalue weighted by Crippen LogP contribution is 2.21. The Kier molecular flexibility index (Phi) is 6.06. The van der Waals surface area contributed by atoms with E-state index in [1.807, 2.05) is 12.3 Å². The third-order valence-electron chi connectivity index (χ3n) is 3.89. The van der Waals surface area contributed by atoms with E-state index >= 15 is 0 Å². The fourth-order valence-corrected chi connectivity index (χ4v) is 2.56. The number of hydrogen-bond acceptors (Lipinski definition) is 3. The van der Waals surface area contributed by atoms with Crippen molar-refractivity contribution in [3.63, 3.8) is 0 Å². The summed E-state index contributed by atoms with van der Waals surface area (Å²) in [6.07, 6.45) is 4.33. The van der Waals surface area contributed by atoms with Gasteiger partial charge in [0.05, 0.1) is 0 Å². The van der Waals surface area contributed by atoms with E-state index in [1.165, 1.54) is 31.5 Å². The van der Waals surface area contributed by atoms with Crippen molar-refractivity contribution in [1.82, 2.24) is 9.88 Å². The van der Waals surface area contributed by atoms with Gasteiger partial charge >= 0.3 is 0 Å². The predicted molar refractivity (Wildman–Crippen MR) is 77.9 cm³/mol. The lowest BCUT2D eigenvalue weighted by atomic mass is 9.91. The molecule has 102 valence electrons. The molecule has 1 aliphatic heterocycles. The monoisotopic (exact) mass is 269 g/mol. The van der Waals surface area contributed by atoms with Crippen LogP contribution >= 0.6 is 12.4 Å². The second-order valence-electron chi connectivity index (χ2n) is 5.22. The summed E-state index contributed by atoms with van der Waals surface area (Å²) in [5.74, 6) is 0.709. The van der Waals surface area contributed by atoms with Crippen molar-refractivity contribution in [3.8, 4) is 0 Å². The molecule has 0 amide bonds. The number of piperidine rings is 1. The average molecular weight is 270 g/mol. The lowest BCUT2D eigenvalue weighted by Crippen LogP contribution is -2.39. The van der Waals surface area contributed by atoms with Gasteiger partial charge in [0.1, 0.15) is 0 Å². The minimum Gasteiger partial charge on any atom is -0.328 e. The Hall–Kier alpha value is -0.640. The Morgan fingerprint density at radius 3 is 2.67 bits per heavy atom.